The number of pyridine rings is 1. The van der Waals surface area contributed by atoms with Gasteiger partial charge in [-0.05, 0) is 36.0 Å². The van der Waals surface area contributed by atoms with Gasteiger partial charge in [-0.25, -0.2) is 4.98 Å². The van der Waals surface area contributed by atoms with E-state index in [0.717, 1.165) is 16.8 Å². The maximum Gasteiger partial charge on any atom is 0.219 e. The van der Waals surface area contributed by atoms with Crippen molar-refractivity contribution in [3.05, 3.63) is 65.3 Å². The summed E-state index contributed by atoms with van der Waals surface area (Å²) in [7, 11) is 1.86. The van der Waals surface area contributed by atoms with Crippen molar-refractivity contribution in [2.24, 2.45) is 0 Å². The number of halogens is 1. The second-order valence-corrected chi connectivity index (χ2v) is 5.13. The van der Waals surface area contributed by atoms with Crippen LogP contribution in [0.3, 0.4) is 0 Å². The molecule has 3 rings (SSSR count). The quantitative estimate of drug-likeness (QED) is 0.775. The third-order valence-electron chi connectivity index (χ3n) is 3.18. The lowest BCUT2D eigenvalue weighted by molar-refractivity contribution is 0.461. The Hall–Kier alpha value is -2.10. The summed E-state index contributed by atoms with van der Waals surface area (Å²) in [5.41, 5.74) is 0.775. The second-order valence-electron chi connectivity index (χ2n) is 4.72. The van der Waals surface area contributed by atoms with Crippen LogP contribution < -0.4 is 10.1 Å². The molecule has 1 aromatic heterocycles. The zero-order valence-corrected chi connectivity index (χ0v) is 12.4. The van der Waals surface area contributed by atoms with Gasteiger partial charge in [0.05, 0.1) is 10.7 Å². The fourth-order valence-corrected chi connectivity index (χ4v) is 2.34. The molecule has 3 aromatic rings. The van der Waals surface area contributed by atoms with Gasteiger partial charge >= 0.3 is 0 Å². The van der Waals surface area contributed by atoms with Crippen molar-refractivity contribution in [1.29, 1.82) is 0 Å². The van der Waals surface area contributed by atoms with E-state index >= 15 is 0 Å². The van der Waals surface area contributed by atoms with Crippen LogP contribution in [-0.2, 0) is 6.54 Å². The number of hydrogen-bond donors (Lipinski definition) is 1. The molecule has 1 N–H and O–H groups in total. The number of benzene rings is 2. The van der Waals surface area contributed by atoms with E-state index in [1.165, 1.54) is 5.39 Å². The van der Waals surface area contributed by atoms with Gasteiger partial charge < -0.3 is 10.1 Å². The van der Waals surface area contributed by atoms with Crippen LogP contribution in [0.15, 0.2) is 54.6 Å². The minimum atomic E-state index is 0.542. The topological polar surface area (TPSA) is 34.2 Å². The molecule has 0 unspecified atom stereocenters. The van der Waals surface area contributed by atoms with Crippen molar-refractivity contribution in [1.82, 2.24) is 10.3 Å². The van der Waals surface area contributed by atoms with E-state index in [0.29, 0.717) is 17.4 Å². The first-order valence-electron chi connectivity index (χ1n) is 6.73. The third kappa shape index (κ3) is 3.15. The molecule has 0 aliphatic carbocycles. The molecule has 4 heteroatoms. The second kappa shape index (κ2) is 6.12. The first-order chi connectivity index (χ1) is 10.3. The number of ether oxygens (including phenoxy) is 1. The van der Waals surface area contributed by atoms with Crippen LogP contribution in [0, 0.1) is 0 Å². The largest absolute Gasteiger partial charge is 0.439 e. The fraction of sp³-hybridized carbons (Fsp3) is 0.118. The number of nitrogens with zero attached hydrogens (tertiary/aromatic N) is 1. The van der Waals surface area contributed by atoms with Crippen LogP contribution in [-0.4, -0.2) is 12.0 Å². The lowest BCUT2D eigenvalue weighted by Crippen LogP contribution is -2.07. The minimum absolute atomic E-state index is 0.542. The lowest BCUT2D eigenvalue weighted by atomic mass is 10.1. The van der Waals surface area contributed by atoms with E-state index in [1.807, 2.05) is 37.4 Å². The summed E-state index contributed by atoms with van der Waals surface area (Å²) in [4.78, 5) is 4.42. The minimum Gasteiger partial charge on any atom is -0.439 e. The van der Waals surface area contributed by atoms with E-state index in [9.17, 15) is 0 Å². The first-order valence-corrected chi connectivity index (χ1v) is 7.11. The van der Waals surface area contributed by atoms with Crippen molar-refractivity contribution in [2.75, 3.05) is 7.05 Å². The Morgan fingerprint density at radius 3 is 2.67 bits per heavy atom. The van der Waals surface area contributed by atoms with E-state index in [2.05, 4.69) is 22.4 Å². The standard InChI is InChI=1S/C17H15ClN2O/c1-19-11-16-15(18)8-9-17(20-16)21-14-7-6-12-4-2-3-5-13(12)10-14/h2-10,19H,11H2,1H3. The Morgan fingerprint density at radius 1 is 1.05 bits per heavy atom. The monoisotopic (exact) mass is 298 g/mol. The van der Waals surface area contributed by atoms with Crippen molar-refractivity contribution < 1.29 is 4.74 Å². The molecule has 2 aromatic carbocycles. The Labute approximate surface area is 128 Å². The summed E-state index contributed by atoms with van der Waals surface area (Å²) in [6, 6.07) is 17.7. The van der Waals surface area contributed by atoms with E-state index < -0.39 is 0 Å². The smallest absolute Gasteiger partial charge is 0.219 e. The summed E-state index contributed by atoms with van der Waals surface area (Å²) in [5, 5.41) is 6.00. The van der Waals surface area contributed by atoms with Crippen molar-refractivity contribution in [3.8, 4) is 11.6 Å². The summed E-state index contributed by atoms with van der Waals surface area (Å²) < 4.78 is 5.83. The molecule has 0 bridgehead atoms. The molecule has 0 fully saturated rings. The van der Waals surface area contributed by atoms with E-state index in [1.54, 1.807) is 12.1 Å². The lowest BCUT2D eigenvalue weighted by Gasteiger charge is -2.09. The van der Waals surface area contributed by atoms with Crippen molar-refractivity contribution in [2.45, 2.75) is 6.54 Å². The summed E-state index contributed by atoms with van der Waals surface area (Å²) in [6.07, 6.45) is 0. The van der Waals surface area contributed by atoms with Gasteiger partial charge in [-0.15, -0.1) is 0 Å². The highest BCUT2D eigenvalue weighted by atomic mass is 35.5. The molecule has 3 nitrogen and oxygen atoms in total. The molecule has 1 heterocycles. The summed E-state index contributed by atoms with van der Waals surface area (Å²) in [6.45, 7) is 0.605. The molecule has 106 valence electrons. The molecule has 0 saturated carbocycles. The Bertz CT molecular complexity index is 774. The molecule has 0 saturated heterocycles. The molecule has 21 heavy (non-hydrogen) atoms. The molecule has 0 amide bonds. The zero-order valence-electron chi connectivity index (χ0n) is 11.6. The number of nitrogens with one attached hydrogen (secondary N) is 1. The fourth-order valence-electron chi connectivity index (χ4n) is 2.16. The van der Waals surface area contributed by atoms with Gasteiger partial charge in [-0.2, -0.15) is 0 Å². The van der Waals surface area contributed by atoms with Crippen LogP contribution in [0.1, 0.15) is 5.69 Å². The SMILES string of the molecule is CNCc1nc(Oc2ccc3ccccc3c2)ccc1Cl. The number of hydrogen-bond acceptors (Lipinski definition) is 3. The van der Waals surface area contributed by atoms with Gasteiger partial charge in [-0.1, -0.05) is 41.9 Å². The highest BCUT2D eigenvalue weighted by molar-refractivity contribution is 6.31. The van der Waals surface area contributed by atoms with E-state index in [-0.39, 0.29) is 0 Å². The highest BCUT2D eigenvalue weighted by Crippen LogP contribution is 2.26. The maximum atomic E-state index is 6.10. The molecule has 0 aliphatic heterocycles. The average Bonchev–Trinajstić information content (AvgIpc) is 2.51. The summed E-state index contributed by atoms with van der Waals surface area (Å²) in [5.74, 6) is 1.30. The molecule has 0 aliphatic rings. The van der Waals surface area contributed by atoms with Crippen LogP contribution in [0.4, 0.5) is 0 Å². The van der Waals surface area contributed by atoms with Crippen molar-refractivity contribution in [3.63, 3.8) is 0 Å². The molecular weight excluding hydrogens is 284 g/mol. The molecule has 0 radical (unpaired) electrons. The van der Waals surface area contributed by atoms with Crippen LogP contribution in [0.2, 0.25) is 5.02 Å². The molecular formula is C17H15ClN2O. The van der Waals surface area contributed by atoms with Gasteiger partial charge in [-0.3, -0.25) is 0 Å². The molecule has 0 spiro atoms. The Balaban J connectivity index is 1.89. The number of rotatable bonds is 4. The Kier molecular flexibility index (Phi) is 4.04. The van der Waals surface area contributed by atoms with Crippen LogP contribution in [0.25, 0.3) is 10.8 Å². The average molecular weight is 299 g/mol. The number of fused-ring (bicyclic) bond motifs is 1. The normalized spacial score (nSPS) is 10.8. The maximum absolute atomic E-state index is 6.10. The summed E-state index contributed by atoms with van der Waals surface area (Å²) >= 11 is 6.10. The van der Waals surface area contributed by atoms with Gasteiger partial charge in [0.25, 0.3) is 0 Å². The highest BCUT2D eigenvalue weighted by Gasteiger charge is 2.05. The van der Waals surface area contributed by atoms with Crippen LogP contribution in [0.5, 0.6) is 11.6 Å². The van der Waals surface area contributed by atoms with Crippen molar-refractivity contribution >= 4 is 22.4 Å². The predicted molar refractivity (Wildman–Crippen MR) is 86.0 cm³/mol. The predicted octanol–water partition coefficient (Wildman–Crippen LogP) is 4.40. The van der Waals surface area contributed by atoms with Gasteiger partial charge in [0.1, 0.15) is 5.75 Å². The number of aromatic nitrogens is 1. The third-order valence-corrected chi connectivity index (χ3v) is 3.52. The van der Waals surface area contributed by atoms with E-state index in [4.69, 9.17) is 16.3 Å². The van der Waals surface area contributed by atoms with Crippen LogP contribution >= 0.6 is 11.6 Å². The first kappa shape index (κ1) is 13.9. The van der Waals surface area contributed by atoms with Gasteiger partial charge in [0.2, 0.25) is 5.88 Å². The molecule has 0 atom stereocenters. The Morgan fingerprint density at radius 2 is 1.86 bits per heavy atom. The zero-order chi connectivity index (χ0) is 14.7. The van der Waals surface area contributed by atoms with Gasteiger partial charge in [0.15, 0.2) is 0 Å². The van der Waals surface area contributed by atoms with Gasteiger partial charge in [0, 0.05) is 12.6 Å².